The third kappa shape index (κ3) is 4.29. The van der Waals surface area contributed by atoms with Gasteiger partial charge in [-0.05, 0) is 65.6 Å². The first-order valence-electron chi connectivity index (χ1n) is 8.40. The molecule has 3 aromatic rings. The molecule has 0 fully saturated rings. The maximum atomic E-state index is 12.4. The monoisotopic (exact) mass is 395 g/mol. The molecule has 0 amide bonds. The molecule has 0 saturated carbocycles. The number of aliphatic imine (C=N–C) groups is 1. The Bertz CT molecular complexity index is 1080. The van der Waals surface area contributed by atoms with Crippen LogP contribution in [0.15, 0.2) is 59.6 Å². The van der Waals surface area contributed by atoms with E-state index in [1.54, 1.807) is 36.4 Å². The second-order valence-electron chi connectivity index (χ2n) is 6.31. The van der Waals surface area contributed by atoms with Crippen LogP contribution in [0.3, 0.4) is 0 Å². The minimum absolute atomic E-state index is 0.0366. The van der Waals surface area contributed by atoms with E-state index in [4.69, 9.17) is 11.6 Å². The van der Waals surface area contributed by atoms with E-state index in [0.29, 0.717) is 17.0 Å². The summed E-state index contributed by atoms with van der Waals surface area (Å²) in [5.41, 5.74) is 2.02. The van der Waals surface area contributed by atoms with Gasteiger partial charge in [0.2, 0.25) is 0 Å². The van der Waals surface area contributed by atoms with Gasteiger partial charge in [-0.2, -0.15) is 0 Å². The summed E-state index contributed by atoms with van der Waals surface area (Å²) < 4.78 is 0. The highest BCUT2D eigenvalue weighted by molar-refractivity contribution is 6.31. The van der Waals surface area contributed by atoms with Crippen LogP contribution in [0.5, 0.6) is 11.5 Å². The largest absolute Gasteiger partial charge is 0.867 e. The smallest absolute Gasteiger partial charge is 0.262 e. The van der Waals surface area contributed by atoms with Crippen molar-refractivity contribution < 1.29 is 15.1 Å². The lowest BCUT2D eigenvalue weighted by molar-refractivity contribution is -0.398. The average Bonchev–Trinajstić information content (AvgIpc) is 2.64. The molecule has 0 aromatic heterocycles. The third-order valence-corrected chi connectivity index (χ3v) is 4.55. The Kier molecular flexibility index (Phi) is 5.61. The van der Waals surface area contributed by atoms with Crippen molar-refractivity contribution in [2.24, 2.45) is 4.99 Å². The van der Waals surface area contributed by atoms with Crippen molar-refractivity contribution in [2.45, 2.75) is 13.3 Å². The van der Waals surface area contributed by atoms with Gasteiger partial charge in [0.1, 0.15) is 11.4 Å². The Hall–Kier alpha value is -3.38. The van der Waals surface area contributed by atoms with E-state index < -0.39 is 16.4 Å². The van der Waals surface area contributed by atoms with Gasteiger partial charge >= 0.3 is 0 Å². The number of benzene rings is 3. The highest BCUT2D eigenvalue weighted by Gasteiger charge is 2.13. The third-order valence-electron chi connectivity index (χ3n) is 4.18. The molecule has 0 radical (unpaired) electrons. The van der Waals surface area contributed by atoms with Crippen molar-refractivity contribution in [1.82, 2.24) is 0 Å². The summed E-state index contributed by atoms with van der Waals surface area (Å²) in [5, 5.41) is 34.2. The van der Waals surface area contributed by atoms with Crippen molar-refractivity contribution in [3.05, 3.63) is 92.0 Å². The molecule has 0 unspecified atom stereocenters. The number of halogens is 1. The number of phenolic OH excluding ortho intramolecular Hbond substituents is 1. The quantitative estimate of drug-likeness (QED) is 0.385. The first kappa shape index (κ1) is 19.4. The Morgan fingerprint density at radius 3 is 2.61 bits per heavy atom. The number of aryl methyl sites for hydroxylation is 1. The topological polar surface area (TPSA) is 98.8 Å². The van der Waals surface area contributed by atoms with Crippen molar-refractivity contribution in [1.29, 1.82) is 0 Å². The zero-order chi connectivity index (χ0) is 20.3. The number of aromatic hydroxyl groups is 1. The second kappa shape index (κ2) is 8.10. The van der Waals surface area contributed by atoms with E-state index in [2.05, 4.69) is 4.99 Å². The van der Waals surface area contributed by atoms with Crippen LogP contribution in [-0.4, -0.2) is 16.2 Å². The molecular formula is C21H16ClN2O4-. The Balaban J connectivity index is 2.02. The van der Waals surface area contributed by atoms with Gasteiger partial charge < -0.3 is 10.2 Å². The summed E-state index contributed by atoms with van der Waals surface area (Å²) in [5.74, 6) is -0.770. The summed E-state index contributed by atoms with van der Waals surface area (Å²) in [4.78, 5) is 14.7. The lowest BCUT2D eigenvalue weighted by atomic mass is 10.0. The summed E-state index contributed by atoms with van der Waals surface area (Å²) in [6.07, 6.45) is 1.56. The van der Waals surface area contributed by atoms with E-state index in [-0.39, 0.29) is 17.0 Å². The van der Waals surface area contributed by atoms with Crippen LogP contribution in [0.4, 0.5) is 11.4 Å². The van der Waals surface area contributed by atoms with Crippen molar-refractivity contribution in [3.63, 3.8) is 0 Å². The van der Waals surface area contributed by atoms with Gasteiger partial charge in [0.15, 0.2) is 0 Å². The van der Waals surface area contributed by atoms with Gasteiger partial charge in [0, 0.05) is 17.3 Å². The van der Waals surface area contributed by atoms with E-state index in [1.165, 1.54) is 12.3 Å². The fourth-order valence-electron chi connectivity index (χ4n) is 2.77. The predicted molar refractivity (Wildman–Crippen MR) is 107 cm³/mol. The summed E-state index contributed by atoms with van der Waals surface area (Å²) in [7, 11) is 0. The number of rotatable bonds is 5. The molecule has 0 aliphatic carbocycles. The van der Waals surface area contributed by atoms with Crippen molar-refractivity contribution in [3.8, 4) is 11.5 Å². The first-order valence-corrected chi connectivity index (χ1v) is 8.78. The van der Waals surface area contributed by atoms with Crippen molar-refractivity contribution in [2.75, 3.05) is 0 Å². The SMILES string of the molecule is Cc1ccc(N=Cc2cc(Cc3ccccc3Cl)cc([N+](=O)[O-])c2[O-])c(O)c1. The zero-order valence-corrected chi connectivity index (χ0v) is 15.7. The summed E-state index contributed by atoms with van der Waals surface area (Å²) in [6, 6.07) is 14.9. The highest BCUT2D eigenvalue weighted by Crippen LogP contribution is 2.31. The number of nitro groups is 1. The van der Waals surface area contributed by atoms with Crippen LogP contribution in [0.25, 0.3) is 0 Å². The minimum atomic E-state index is -0.733. The Morgan fingerprint density at radius 2 is 1.93 bits per heavy atom. The number of phenols is 1. The molecule has 6 nitrogen and oxygen atoms in total. The van der Waals surface area contributed by atoms with Gasteiger partial charge in [0.05, 0.1) is 4.92 Å². The van der Waals surface area contributed by atoms with Crippen LogP contribution in [0.2, 0.25) is 5.02 Å². The fourth-order valence-corrected chi connectivity index (χ4v) is 2.98. The maximum absolute atomic E-state index is 12.4. The molecule has 0 aliphatic heterocycles. The van der Waals surface area contributed by atoms with E-state index in [1.807, 2.05) is 19.1 Å². The lowest BCUT2D eigenvalue weighted by Crippen LogP contribution is -2.04. The van der Waals surface area contributed by atoms with Crippen LogP contribution in [0, 0.1) is 17.0 Å². The molecule has 3 aromatic carbocycles. The maximum Gasteiger partial charge on any atom is 0.262 e. The molecule has 0 saturated heterocycles. The minimum Gasteiger partial charge on any atom is -0.867 e. The van der Waals surface area contributed by atoms with Crippen molar-refractivity contribution >= 4 is 29.2 Å². The summed E-state index contributed by atoms with van der Waals surface area (Å²) >= 11 is 6.17. The standard InChI is InChI=1S/C21H17ClN2O4/c1-13-6-7-18(20(25)8-13)23-12-16-10-14(11-19(21(16)26)24(27)28)9-15-4-2-3-5-17(15)22/h2-8,10-12,25-26H,9H2,1H3/p-1. The number of nitrogens with zero attached hydrogens (tertiary/aromatic N) is 2. The highest BCUT2D eigenvalue weighted by atomic mass is 35.5. The van der Waals surface area contributed by atoms with Gasteiger partial charge in [-0.15, -0.1) is 0 Å². The summed E-state index contributed by atoms with van der Waals surface area (Å²) in [6.45, 7) is 1.82. The molecule has 142 valence electrons. The van der Waals surface area contributed by atoms with Crippen LogP contribution >= 0.6 is 11.6 Å². The molecule has 0 aliphatic rings. The zero-order valence-electron chi connectivity index (χ0n) is 14.9. The number of hydrogen-bond acceptors (Lipinski definition) is 5. The van der Waals surface area contributed by atoms with Gasteiger partial charge in [-0.3, -0.25) is 15.1 Å². The van der Waals surface area contributed by atoms with Gasteiger partial charge in [0.25, 0.3) is 5.69 Å². The number of nitro benzene ring substituents is 1. The molecule has 7 heteroatoms. The van der Waals surface area contributed by atoms with E-state index >= 15 is 0 Å². The first-order chi connectivity index (χ1) is 13.3. The predicted octanol–water partition coefficient (Wildman–Crippen LogP) is 4.68. The molecule has 0 atom stereocenters. The van der Waals surface area contributed by atoms with E-state index in [9.17, 15) is 20.3 Å². The molecule has 3 rings (SSSR count). The average molecular weight is 396 g/mol. The molecule has 1 N–H and O–H groups in total. The molecule has 0 heterocycles. The number of hydrogen-bond donors (Lipinski definition) is 1. The second-order valence-corrected chi connectivity index (χ2v) is 6.72. The van der Waals surface area contributed by atoms with Gasteiger partial charge in [-0.1, -0.05) is 35.9 Å². The normalized spacial score (nSPS) is 11.1. The van der Waals surface area contributed by atoms with Crippen LogP contribution < -0.4 is 5.11 Å². The van der Waals surface area contributed by atoms with Gasteiger partial charge in [-0.25, -0.2) is 0 Å². The lowest BCUT2D eigenvalue weighted by Gasteiger charge is -2.13. The molecule has 0 spiro atoms. The molecular weight excluding hydrogens is 380 g/mol. The van der Waals surface area contributed by atoms with E-state index in [0.717, 1.165) is 11.1 Å². The van der Waals surface area contributed by atoms with Crippen LogP contribution in [0.1, 0.15) is 22.3 Å². The van der Waals surface area contributed by atoms with Crippen LogP contribution in [-0.2, 0) is 6.42 Å². The molecule has 28 heavy (non-hydrogen) atoms. The Labute approximate surface area is 166 Å². The Morgan fingerprint density at radius 1 is 1.18 bits per heavy atom. The molecule has 0 bridgehead atoms. The fraction of sp³-hybridized carbons (Fsp3) is 0.0952.